The van der Waals surface area contributed by atoms with Gasteiger partial charge in [-0.25, -0.2) is 0 Å². The van der Waals surface area contributed by atoms with E-state index in [-0.39, 0.29) is 11.8 Å². The van der Waals surface area contributed by atoms with Gasteiger partial charge in [0.15, 0.2) is 0 Å². The summed E-state index contributed by atoms with van der Waals surface area (Å²) in [6.07, 6.45) is 1.03. The van der Waals surface area contributed by atoms with Crippen molar-refractivity contribution < 1.29 is 19.4 Å². The highest BCUT2D eigenvalue weighted by Crippen LogP contribution is 2.27. The van der Waals surface area contributed by atoms with E-state index in [0.717, 1.165) is 4.47 Å². The van der Waals surface area contributed by atoms with E-state index in [1.165, 1.54) is 0 Å². The van der Waals surface area contributed by atoms with Crippen LogP contribution < -0.4 is 4.74 Å². The van der Waals surface area contributed by atoms with Crippen LogP contribution in [0.4, 0.5) is 0 Å². The summed E-state index contributed by atoms with van der Waals surface area (Å²) >= 11 is 3.40. The molecule has 5 nitrogen and oxygen atoms in total. The first-order valence-electron chi connectivity index (χ1n) is 6.97. The minimum Gasteiger partial charge on any atom is -0.493 e. The standard InChI is InChI=1S/C15H18BrNO4/c1-2-21-13-4-3-11(9-12(13)16)14(18)17-7-5-10(6-8-17)15(19)20/h3-4,9-10H,2,5-8H2,1H3,(H,19,20). The van der Waals surface area contributed by atoms with Crippen molar-refractivity contribution in [2.24, 2.45) is 5.92 Å². The van der Waals surface area contributed by atoms with Gasteiger partial charge in [0.25, 0.3) is 5.91 Å². The monoisotopic (exact) mass is 355 g/mol. The molecule has 6 heteroatoms. The number of amides is 1. The summed E-state index contributed by atoms with van der Waals surface area (Å²) in [6, 6.07) is 5.25. The number of ether oxygens (including phenoxy) is 1. The average molecular weight is 356 g/mol. The molecule has 0 aromatic heterocycles. The van der Waals surface area contributed by atoms with E-state index in [0.29, 0.717) is 43.9 Å². The summed E-state index contributed by atoms with van der Waals surface area (Å²) in [7, 11) is 0. The van der Waals surface area contributed by atoms with E-state index in [4.69, 9.17) is 9.84 Å². The number of aliphatic carboxylic acids is 1. The van der Waals surface area contributed by atoms with Gasteiger partial charge < -0.3 is 14.7 Å². The van der Waals surface area contributed by atoms with E-state index >= 15 is 0 Å². The van der Waals surface area contributed by atoms with Crippen molar-refractivity contribution in [2.45, 2.75) is 19.8 Å². The first-order chi connectivity index (χ1) is 10.0. The smallest absolute Gasteiger partial charge is 0.306 e. The number of nitrogens with zero attached hydrogens (tertiary/aromatic N) is 1. The molecule has 0 saturated carbocycles. The van der Waals surface area contributed by atoms with Crippen molar-refractivity contribution in [1.82, 2.24) is 4.90 Å². The number of carboxylic acid groups (broad SMARTS) is 1. The normalized spacial score (nSPS) is 15.8. The molecular formula is C15H18BrNO4. The third-order valence-corrected chi connectivity index (χ3v) is 4.23. The molecule has 1 amide bonds. The summed E-state index contributed by atoms with van der Waals surface area (Å²) in [5.74, 6) is -0.465. The molecule has 114 valence electrons. The fourth-order valence-electron chi connectivity index (χ4n) is 2.42. The van der Waals surface area contributed by atoms with Gasteiger partial charge in [-0.15, -0.1) is 0 Å². The molecule has 0 spiro atoms. The molecule has 0 bridgehead atoms. The number of carboxylic acids is 1. The third-order valence-electron chi connectivity index (χ3n) is 3.61. The number of hydrogen-bond donors (Lipinski definition) is 1. The van der Waals surface area contributed by atoms with E-state index in [2.05, 4.69) is 15.9 Å². The third kappa shape index (κ3) is 3.75. The molecule has 0 aliphatic carbocycles. The number of halogens is 1. The molecule has 0 unspecified atom stereocenters. The highest BCUT2D eigenvalue weighted by atomic mass is 79.9. The maximum absolute atomic E-state index is 12.4. The number of benzene rings is 1. The van der Waals surface area contributed by atoms with Gasteiger partial charge in [-0.1, -0.05) is 0 Å². The zero-order valence-corrected chi connectivity index (χ0v) is 13.4. The number of piperidine rings is 1. The van der Waals surface area contributed by atoms with Crippen LogP contribution in [0.3, 0.4) is 0 Å². The van der Waals surface area contributed by atoms with Crippen molar-refractivity contribution in [3.8, 4) is 5.75 Å². The lowest BCUT2D eigenvalue weighted by Gasteiger charge is -2.30. The van der Waals surface area contributed by atoms with E-state index in [1.807, 2.05) is 6.92 Å². The van der Waals surface area contributed by atoms with Gasteiger partial charge in [-0.3, -0.25) is 9.59 Å². The minimum atomic E-state index is -0.772. The molecule has 0 radical (unpaired) electrons. The highest BCUT2D eigenvalue weighted by molar-refractivity contribution is 9.10. The van der Waals surface area contributed by atoms with Crippen LogP contribution in [0.2, 0.25) is 0 Å². The summed E-state index contributed by atoms with van der Waals surface area (Å²) in [5.41, 5.74) is 0.583. The molecule has 1 heterocycles. The van der Waals surface area contributed by atoms with Crippen molar-refractivity contribution >= 4 is 27.8 Å². The van der Waals surface area contributed by atoms with Crippen LogP contribution in [-0.2, 0) is 4.79 Å². The first kappa shape index (κ1) is 15.8. The van der Waals surface area contributed by atoms with Crippen LogP contribution in [0.15, 0.2) is 22.7 Å². The number of hydrogen-bond acceptors (Lipinski definition) is 3. The second kappa shape index (κ2) is 6.93. The van der Waals surface area contributed by atoms with Crippen molar-refractivity contribution in [2.75, 3.05) is 19.7 Å². The number of rotatable bonds is 4. The predicted octanol–water partition coefficient (Wildman–Crippen LogP) is 2.78. The quantitative estimate of drug-likeness (QED) is 0.901. The molecule has 1 aliphatic rings. The number of carbonyl (C=O) groups is 2. The molecule has 0 atom stereocenters. The van der Waals surface area contributed by atoms with Gasteiger partial charge >= 0.3 is 5.97 Å². The van der Waals surface area contributed by atoms with Gasteiger partial charge in [0.05, 0.1) is 17.0 Å². The Bertz CT molecular complexity index is 538. The van der Waals surface area contributed by atoms with Crippen LogP contribution in [-0.4, -0.2) is 41.6 Å². The Balaban J connectivity index is 2.04. The van der Waals surface area contributed by atoms with Crippen molar-refractivity contribution in [3.63, 3.8) is 0 Å². The molecule has 21 heavy (non-hydrogen) atoms. The maximum atomic E-state index is 12.4. The fraction of sp³-hybridized carbons (Fsp3) is 0.467. The van der Waals surface area contributed by atoms with E-state index in [1.54, 1.807) is 23.1 Å². The fourth-order valence-corrected chi connectivity index (χ4v) is 2.91. The Hall–Kier alpha value is -1.56. The molecule has 1 aliphatic heterocycles. The first-order valence-corrected chi connectivity index (χ1v) is 7.76. The van der Waals surface area contributed by atoms with Crippen LogP contribution in [0.25, 0.3) is 0 Å². The van der Waals surface area contributed by atoms with Crippen LogP contribution in [0, 0.1) is 5.92 Å². The Labute approximate surface area is 132 Å². The van der Waals surface area contributed by atoms with Crippen LogP contribution in [0.1, 0.15) is 30.1 Å². The summed E-state index contributed by atoms with van der Waals surface area (Å²) in [4.78, 5) is 25.0. The Morgan fingerprint density at radius 1 is 1.38 bits per heavy atom. The van der Waals surface area contributed by atoms with Crippen molar-refractivity contribution in [3.05, 3.63) is 28.2 Å². The molecule has 1 fully saturated rings. The lowest BCUT2D eigenvalue weighted by molar-refractivity contribution is -0.143. The lowest BCUT2D eigenvalue weighted by Crippen LogP contribution is -2.40. The summed E-state index contributed by atoms with van der Waals surface area (Å²) in [5, 5.41) is 8.97. The van der Waals surface area contributed by atoms with Gasteiger partial charge in [-0.05, 0) is 53.9 Å². The molecular weight excluding hydrogens is 338 g/mol. The molecule has 2 rings (SSSR count). The Morgan fingerprint density at radius 2 is 2.05 bits per heavy atom. The predicted molar refractivity (Wildman–Crippen MR) is 81.6 cm³/mol. The Kier molecular flexibility index (Phi) is 5.22. The van der Waals surface area contributed by atoms with Gasteiger partial charge in [0.2, 0.25) is 0 Å². The highest BCUT2D eigenvalue weighted by Gasteiger charge is 2.27. The second-order valence-corrected chi connectivity index (χ2v) is 5.84. The van der Waals surface area contributed by atoms with E-state index < -0.39 is 5.97 Å². The number of likely N-dealkylation sites (tertiary alicyclic amines) is 1. The van der Waals surface area contributed by atoms with Crippen LogP contribution in [0.5, 0.6) is 5.75 Å². The zero-order valence-electron chi connectivity index (χ0n) is 11.8. The average Bonchev–Trinajstić information content (AvgIpc) is 2.49. The van der Waals surface area contributed by atoms with Crippen molar-refractivity contribution in [1.29, 1.82) is 0 Å². The lowest BCUT2D eigenvalue weighted by atomic mass is 9.96. The molecule has 1 aromatic rings. The largest absolute Gasteiger partial charge is 0.493 e. The second-order valence-electron chi connectivity index (χ2n) is 4.98. The summed E-state index contributed by atoms with van der Waals surface area (Å²) in [6.45, 7) is 3.44. The topological polar surface area (TPSA) is 66.8 Å². The van der Waals surface area contributed by atoms with Crippen LogP contribution >= 0.6 is 15.9 Å². The molecule has 1 aromatic carbocycles. The zero-order chi connectivity index (χ0) is 15.4. The molecule has 1 saturated heterocycles. The molecule has 1 N–H and O–H groups in total. The SMILES string of the molecule is CCOc1ccc(C(=O)N2CCC(C(=O)O)CC2)cc1Br. The maximum Gasteiger partial charge on any atom is 0.306 e. The van der Waals surface area contributed by atoms with E-state index in [9.17, 15) is 9.59 Å². The van der Waals surface area contributed by atoms with Gasteiger partial charge in [-0.2, -0.15) is 0 Å². The van der Waals surface area contributed by atoms with Gasteiger partial charge in [0.1, 0.15) is 5.75 Å². The Morgan fingerprint density at radius 3 is 2.57 bits per heavy atom. The van der Waals surface area contributed by atoms with Gasteiger partial charge in [0, 0.05) is 18.7 Å². The minimum absolute atomic E-state index is 0.0670. The number of carbonyl (C=O) groups excluding carboxylic acids is 1. The summed E-state index contributed by atoms with van der Waals surface area (Å²) < 4.78 is 6.17.